The van der Waals surface area contributed by atoms with Crippen molar-refractivity contribution in [2.45, 2.75) is 58.0 Å². The van der Waals surface area contributed by atoms with Crippen LogP contribution in [0, 0.1) is 0 Å². The Balaban J connectivity index is 2.81. The molecule has 20 heavy (non-hydrogen) atoms. The van der Waals surface area contributed by atoms with Gasteiger partial charge in [-0.15, -0.1) is 0 Å². The summed E-state index contributed by atoms with van der Waals surface area (Å²) in [5.41, 5.74) is 0.0666. The molecule has 4 nitrogen and oxygen atoms in total. The van der Waals surface area contributed by atoms with Gasteiger partial charge in [-0.25, -0.2) is 8.42 Å². The molecule has 1 fully saturated rings. The van der Waals surface area contributed by atoms with E-state index in [1.165, 1.54) is 0 Å². The number of nitrogens with zero attached hydrogens (tertiary/aromatic N) is 1. The van der Waals surface area contributed by atoms with Crippen LogP contribution in [0.1, 0.15) is 41.0 Å². The van der Waals surface area contributed by atoms with Gasteiger partial charge in [0, 0.05) is 41.9 Å². The number of sulfone groups is 1. The molecule has 0 aliphatic carbocycles. The standard InChI is InChI=1S/C14H30N2O2S2/c1-6-12(10-15-14(3,4)5)16-8-9-19-11-13(16)20(17,18)7-2/h12-13,15H,6-11H2,1-5H3. The van der Waals surface area contributed by atoms with E-state index in [2.05, 4.69) is 37.9 Å². The second kappa shape index (κ2) is 7.47. The Morgan fingerprint density at radius 1 is 1.35 bits per heavy atom. The van der Waals surface area contributed by atoms with E-state index < -0.39 is 9.84 Å². The maximum Gasteiger partial charge on any atom is 0.166 e. The van der Waals surface area contributed by atoms with Crippen LogP contribution in [0.3, 0.4) is 0 Å². The molecule has 0 aromatic carbocycles. The second-order valence-corrected chi connectivity index (χ2v) is 10.0. The van der Waals surface area contributed by atoms with Crippen LogP contribution >= 0.6 is 11.8 Å². The van der Waals surface area contributed by atoms with Crippen molar-refractivity contribution in [3.63, 3.8) is 0 Å². The van der Waals surface area contributed by atoms with Gasteiger partial charge in [-0.05, 0) is 27.2 Å². The van der Waals surface area contributed by atoms with E-state index in [9.17, 15) is 8.42 Å². The first-order valence-corrected chi connectivity index (χ1v) is 10.4. The van der Waals surface area contributed by atoms with Crippen molar-refractivity contribution in [1.29, 1.82) is 0 Å². The van der Waals surface area contributed by atoms with Crippen LogP contribution in [-0.2, 0) is 9.84 Å². The van der Waals surface area contributed by atoms with E-state index in [0.29, 0.717) is 11.8 Å². The second-order valence-electron chi connectivity index (χ2n) is 6.41. The minimum atomic E-state index is -3.00. The lowest BCUT2D eigenvalue weighted by Gasteiger charge is -2.41. The smallest absolute Gasteiger partial charge is 0.166 e. The highest BCUT2D eigenvalue weighted by Crippen LogP contribution is 2.24. The number of hydrogen-bond acceptors (Lipinski definition) is 5. The number of hydrogen-bond donors (Lipinski definition) is 1. The molecular weight excluding hydrogens is 292 g/mol. The van der Waals surface area contributed by atoms with Crippen LogP contribution < -0.4 is 5.32 Å². The fourth-order valence-corrected chi connectivity index (χ4v) is 5.53. The quantitative estimate of drug-likeness (QED) is 0.810. The Morgan fingerprint density at radius 2 is 2.00 bits per heavy atom. The number of rotatable bonds is 6. The van der Waals surface area contributed by atoms with Crippen LogP contribution in [0.15, 0.2) is 0 Å². The summed E-state index contributed by atoms with van der Waals surface area (Å²) in [4.78, 5) is 2.22. The van der Waals surface area contributed by atoms with Gasteiger partial charge in [0.25, 0.3) is 0 Å². The van der Waals surface area contributed by atoms with Gasteiger partial charge in [-0.2, -0.15) is 11.8 Å². The molecule has 0 aromatic heterocycles. The zero-order chi connectivity index (χ0) is 15.4. The highest BCUT2D eigenvalue weighted by molar-refractivity contribution is 8.01. The van der Waals surface area contributed by atoms with Crippen molar-refractivity contribution in [3.8, 4) is 0 Å². The van der Waals surface area contributed by atoms with Gasteiger partial charge >= 0.3 is 0 Å². The summed E-state index contributed by atoms with van der Waals surface area (Å²) in [7, 11) is -3.00. The van der Waals surface area contributed by atoms with E-state index in [0.717, 1.165) is 25.3 Å². The third kappa shape index (κ3) is 5.20. The monoisotopic (exact) mass is 322 g/mol. The Morgan fingerprint density at radius 3 is 2.50 bits per heavy atom. The predicted octanol–water partition coefficient (Wildman–Crippen LogP) is 1.96. The molecule has 1 saturated heterocycles. The van der Waals surface area contributed by atoms with Gasteiger partial charge in [0.15, 0.2) is 9.84 Å². The number of thioether (sulfide) groups is 1. The molecule has 1 rings (SSSR count). The molecule has 0 aromatic rings. The molecule has 2 unspecified atom stereocenters. The molecule has 6 heteroatoms. The summed E-state index contributed by atoms with van der Waals surface area (Å²) in [5, 5.41) is 3.21. The predicted molar refractivity (Wildman–Crippen MR) is 89.1 cm³/mol. The maximum atomic E-state index is 12.3. The lowest BCUT2D eigenvalue weighted by molar-refractivity contribution is 0.173. The lowest BCUT2D eigenvalue weighted by Crippen LogP contribution is -2.56. The van der Waals surface area contributed by atoms with E-state index in [4.69, 9.17) is 0 Å². The first kappa shape index (κ1) is 18.3. The molecule has 1 N–H and O–H groups in total. The third-order valence-corrected chi connectivity index (χ3v) is 7.05. The van der Waals surface area contributed by atoms with Crippen molar-refractivity contribution in [2.75, 3.05) is 30.3 Å². The Kier molecular flexibility index (Phi) is 6.83. The van der Waals surface area contributed by atoms with E-state index in [1.807, 2.05) is 0 Å². The Hall–Kier alpha value is 0.220. The van der Waals surface area contributed by atoms with Crippen molar-refractivity contribution in [2.24, 2.45) is 0 Å². The Bertz CT molecular complexity index is 390. The van der Waals surface area contributed by atoms with Gasteiger partial charge < -0.3 is 5.32 Å². The minimum Gasteiger partial charge on any atom is -0.311 e. The van der Waals surface area contributed by atoms with E-state index in [-0.39, 0.29) is 16.7 Å². The number of nitrogens with one attached hydrogen (secondary N) is 1. The fourth-order valence-electron chi connectivity index (χ4n) is 2.43. The molecule has 0 spiro atoms. The molecule has 1 aliphatic heterocycles. The van der Waals surface area contributed by atoms with Crippen molar-refractivity contribution in [3.05, 3.63) is 0 Å². The molecule has 120 valence electrons. The van der Waals surface area contributed by atoms with Crippen LogP contribution in [-0.4, -0.2) is 60.6 Å². The normalized spacial score (nSPS) is 23.8. The van der Waals surface area contributed by atoms with Crippen molar-refractivity contribution < 1.29 is 8.42 Å². The van der Waals surface area contributed by atoms with Gasteiger partial charge in [0.1, 0.15) is 5.37 Å². The summed E-state index contributed by atoms with van der Waals surface area (Å²) in [6.45, 7) is 12.1. The fraction of sp³-hybridized carbons (Fsp3) is 1.00. The lowest BCUT2D eigenvalue weighted by atomic mass is 10.1. The van der Waals surface area contributed by atoms with E-state index in [1.54, 1.807) is 18.7 Å². The van der Waals surface area contributed by atoms with Crippen molar-refractivity contribution in [1.82, 2.24) is 10.2 Å². The molecule has 1 aliphatic rings. The van der Waals surface area contributed by atoms with Crippen LogP contribution in [0.5, 0.6) is 0 Å². The van der Waals surface area contributed by atoms with Gasteiger partial charge in [-0.1, -0.05) is 13.8 Å². The Labute approximate surface area is 129 Å². The van der Waals surface area contributed by atoms with Gasteiger partial charge in [0.05, 0.1) is 0 Å². The molecule has 0 amide bonds. The molecule has 2 atom stereocenters. The maximum absolute atomic E-state index is 12.3. The zero-order valence-electron chi connectivity index (χ0n) is 13.5. The van der Waals surface area contributed by atoms with Crippen LogP contribution in [0.2, 0.25) is 0 Å². The summed E-state index contributed by atoms with van der Waals surface area (Å²) in [6, 6.07) is 0.293. The molecule has 1 heterocycles. The highest BCUT2D eigenvalue weighted by Gasteiger charge is 2.36. The first-order valence-electron chi connectivity index (χ1n) is 7.51. The topological polar surface area (TPSA) is 49.4 Å². The third-order valence-electron chi connectivity index (χ3n) is 3.75. The van der Waals surface area contributed by atoms with Gasteiger partial charge in [-0.3, -0.25) is 4.90 Å². The summed E-state index contributed by atoms with van der Waals surface area (Å²) in [6.07, 6.45) is 0.976. The SMILES string of the molecule is CCC(CNC(C)(C)C)N1CCSCC1S(=O)(=O)CC. The van der Waals surface area contributed by atoms with E-state index >= 15 is 0 Å². The molecule has 0 radical (unpaired) electrons. The highest BCUT2D eigenvalue weighted by atomic mass is 32.2. The summed E-state index contributed by atoms with van der Waals surface area (Å²) in [5.74, 6) is 1.97. The van der Waals surface area contributed by atoms with Crippen molar-refractivity contribution >= 4 is 21.6 Å². The molecule has 0 bridgehead atoms. The van der Waals surface area contributed by atoms with Crippen LogP contribution in [0.25, 0.3) is 0 Å². The van der Waals surface area contributed by atoms with Gasteiger partial charge in [0.2, 0.25) is 0 Å². The molecular formula is C14H30N2O2S2. The van der Waals surface area contributed by atoms with Crippen LogP contribution in [0.4, 0.5) is 0 Å². The summed E-state index contributed by atoms with van der Waals surface area (Å²) >= 11 is 1.76. The average molecular weight is 323 g/mol. The summed E-state index contributed by atoms with van der Waals surface area (Å²) < 4.78 is 24.6. The largest absolute Gasteiger partial charge is 0.311 e. The minimum absolute atomic E-state index is 0.0666. The average Bonchev–Trinajstić information content (AvgIpc) is 2.38. The first-order chi connectivity index (χ1) is 9.21. The zero-order valence-corrected chi connectivity index (χ0v) is 15.1. The molecule has 0 saturated carbocycles.